The van der Waals surface area contributed by atoms with Crippen LogP contribution in [0.15, 0.2) is 30.6 Å². The Labute approximate surface area is 140 Å². The van der Waals surface area contributed by atoms with Crippen molar-refractivity contribution in [2.45, 2.75) is 18.9 Å². The van der Waals surface area contributed by atoms with Crippen LogP contribution in [0, 0.1) is 0 Å². The molecule has 0 aromatic carbocycles. The van der Waals surface area contributed by atoms with Gasteiger partial charge in [-0.25, -0.2) is 0 Å². The Kier molecular flexibility index (Phi) is 5.33. The predicted octanol–water partition coefficient (Wildman–Crippen LogP) is 1.66. The van der Waals surface area contributed by atoms with Gasteiger partial charge in [0.2, 0.25) is 11.8 Å². The molecule has 0 bridgehead atoms. The van der Waals surface area contributed by atoms with Crippen LogP contribution in [-0.4, -0.2) is 63.8 Å². The molecule has 0 radical (unpaired) electrons. The summed E-state index contributed by atoms with van der Waals surface area (Å²) in [6, 6.07) is 3.44. The minimum atomic E-state index is -0.288. The van der Waals surface area contributed by atoms with Crippen LogP contribution < -0.4 is 0 Å². The molecule has 23 heavy (non-hydrogen) atoms. The van der Waals surface area contributed by atoms with Crippen molar-refractivity contribution in [3.05, 3.63) is 36.2 Å². The zero-order chi connectivity index (χ0) is 16.1. The lowest BCUT2D eigenvalue weighted by Crippen LogP contribution is -2.49. The van der Waals surface area contributed by atoms with Crippen LogP contribution in [0.3, 0.4) is 0 Å². The average molecular weight is 331 g/mol. The predicted molar refractivity (Wildman–Crippen MR) is 91.9 cm³/mol. The molecule has 0 N–H and O–H groups in total. The number of pyridine rings is 1. The molecule has 0 unspecified atom stereocenters. The zero-order valence-electron chi connectivity index (χ0n) is 13.1. The fraction of sp³-hybridized carbons (Fsp3) is 0.471. The van der Waals surface area contributed by atoms with Gasteiger partial charge in [0.25, 0.3) is 0 Å². The summed E-state index contributed by atoms with van der Waals surface area (Å²) in [6.07, 6.45) is 8.38. The topological polar surface area (TPSA) is 53.5 Å². The van der Waals surface area contributed by atoms with Crippen LogP contribution >= 0.6 is 11.8 Å². The van der Waals surface area contributed by atoms with Gasteiger partial charge in [0, 0.05) is 49.6 Å². The number of amides is 2. The fourth-order valence-corrected chi connectivity index (χ4v) is 3.92. The third-order valence-corrected chi connectivity index (χ3v) is 5.19. The van der Waals surface area contributed by atoms with E-state index in [2.05, 4.69) is 4.98 Å². The highest BCUT2D eigenvalue weighted by atomic mass is 32.2. The van der Waals surface area contributed by atoms with Crippen LogP contribution in [0.2, 0.25) is 0 Å². The summed E-state index contributed by atoms with van der Waals surface area (Å²) in [5.41, 5.74) is 0.885. The maximum absolute atomic E-state index is 12.7. The third-order valence-electron chi connectivity index (χ3n) is 4.25. The van der Waals surface area contributed by atoms with E-state index in [9.17, 15) is 9.59 Å². The molecule has 2 saturated heterocycles. The summed E-state index contributed by atoms with van der Waals surface area (Å²) in [7, 11) is 0. The summed E-state index contributed by atoms with van der Waals surface area (Å²) in [5, 5.41) is 0. The van der Waals surface area contributed by atoms with E-state index in [1.165, 1.54) is 0 Å². The normalized spacial score (nSPS) is 21.8. The number of rotatable bonds is 3. The Morgan fingerprint density at radius 3 is 2.83 bits per heavy atom. The molecule has 3 rings (SSSR count). The van der Waals surface area contributed by atoms with Crippen molar-refractivity contribution in [1.29, 1.82) is 0 Å². The Bertz CT molecular complexity index is 585. The lowest BCUT2D eigenvalue weighted by atomic mass is 10.2. The molecule has 6 heteroatoms. The van der Waals surface area contributed by atoms with E-state index in [-0.39, 0.29) is 17.9 Å². The molecule has 1 atom stereocenters. The van der Waals surface area contributed by atoms with Crippen molar-refractivity contribution >= 4 is 29.7 Å². The Hall–Kier alpha value is -1.82. The van der Waals surface area contributed by atoms with E-state index in [4.69, 9.17) is 0 Å². The number of carbonyl (C=O) groups is 2. The van der Waals surface area contributed by atoms with Crippen LogP contribution in [-0.2, 0) is 9.59 Å². The van der Waals surface area contributed by atoms with E-state index < -0.39 is 0 Å². The van der Waals surface area contributed by atoms with Crippen molar-refractivity contribution in [3.63, 3.8) is 0 Å². The Balaban J connectivity index is 1.64. The molecule has 5 nitrogen and oxygen atoms in total. The largest absolute Gasteiger partial charge is 0.339 e. The second-order valence-corrected chi connectivity index (χ2v) is 6.97. The van der Waals surface area contributed by atoms with E-state index in [1.54, 1.807) is 29.4 Å². The second-order valence-electron chi connectivity index (χ2n) is 5.75. The van der Waals surface area contributed by atoms with Gasteiger partial charge in [0.15, 0.2) is 0 Å². The van der Waals surface area contributed by atoms with Crippen molar-refractivity contribution in [2.24, 2.45) is 0 Å². The molecule has 3 heterocycles. The number of carbonyl (C=O) groups excluding carboxylic acids is 2. The van der Waals surface area contributed by atoms with Gasteiger partial charge in [-0.15, -0.1) is 0 Å². The van der Waals surface area contributed by atoms with Gasteiger partial charge in [-0.05, 0) is 30.5 Å². The number of hydrogen-bond acceptors (Lipinski definition) is 4. The molecule has 0 spiro atoms. The van der Waals surface area contributed by atoms with E-state index in [0.29, 0.717) is 6.54 Å². The summed E-state index contributed by atoms with van der Waals surface area (Å²) in [5.74, 6) is 2.02. The number of thioether (sulfide) groups is 1. The quantitative estimate of drug-likeness (QED) is 0.791. The molecule has 2 fully saturated rings. The van der Waals surface area contributed by atoms with Gasteiger partial charge in [0.05, 0.1) is 0 Å². The molecular formula is C17H21N3O2S. The molecule has 1 aromatic heterocycles. The van der Waals surface area contributed by atoms with Crippen molar-refractivity contribution in [1.82, 2.24) is 14.8 Å². The lowest BCUT2D eigenvalue weighted by molar-refractivity contribution is -0.141. The van der Waals surface area contributed by atoms with Crippen molar-refractivity contribution in [2.75, 3.05) is 31.1 Å². The first-order valence-corrected chi connectivity index (χ1v) is 9.16. The van der Waals surface area contributed by atoms with E-state index in [1.807, 2.05) is 28.8 Å². The number of aromatic nitrogens is 1. The highest BCUT2D eigenvalue weighted by Crippen LogP contribution is 2.22. The molecule has 1 aromatic rings. The Morgan fingerprint density at radius 1 is 1.26 bits per heavy atom. The number of hydrogen-bond donors (Lipinski definition) is 0. The highest BCUT2D eigenvalue weighted by molar-refractivity contribution is 7.99. The lowest BCUT2D eigenvalue weighted by Gasteiger charge is -2.32. The van der Waals surface area contributed by atoms with Crippen molar-refractivity contribution < 1.29 is 9.59 Å². The summed E-state index contributed by atoms with van der Waals surface area (Å²) >= 11 is 1.88. The number of nitrogens with zero attached hydrogens (tertiary/aromatic N) is 3. The SMILES string of the molecule is O=C([C@H]1CCCN1C(=O)/C=C\c1cccnc1)N1CCSCC1. The smallest absolute Gasteiger partial charge is 0.247 e. The molecule has 2 aliphatic rings. The van der Waals surface area contributed by atoms with Gasteiger partial charge in [-0.3, -0.25) is 14.6 Å². The van der Waals surface area contributed by atoms with Gasteiger partial charge in [0.1, 0.15) is 6.04 Å². The fourth-order valence-electron chi connectivity index (χ4n) is 3.02. The van der Waals surface area contributed by atoms with Gasteiger partial charge in [-0.2, -0.15) is 11.8 Å². The monoisotopic (exact) mass is 331 g/mol. The maximum atomic E-state index is 12.7. The first kappa shape index (κ1) is 16.1. The first-order valence-electron chi connectivity index (χ1n) is 8.01. The van der Waals surface area contributed by atoms with Crippen molar-refractivity contribution in [3.8, 4) is 0 Å². The van der Waals surface area contributed by atoms with Crippen LogP contribution in [0.1, 0.15) is 18.4 Å². The molecule has 0 saturated carbocycles. The summed E-state index contributed by atoms with van der Waals surface area (Å²) in [4.78, 5) is 32.8. The average Bonchev–Trinajstić information content (AvgIpc) is 3.10. The van der Waals surface area contributed by atoms with Crippen LogP contribution in [0.5, 0.6) is 0 Å². The standard InChI is InChI=1S/C17H21N3O2S/c21-16(6-5-14-3-1-7-18-13-14)20-8-2-4-15(20)17(22)19-9-11-23-12-10-19/h1,3,5-7,13,15H,2,4,8-12H2/b6-5-/t15-/m1/s1. The highest BCUT2D eigenvalue weighted by Gasteiger charge is 2.35. The summed E-state index contributed by atoms with van der Waals surface area (Å²) < 4.78 is 0. The first-order chi connectivity index (χ1) is 11.3. The zero-order valence-corrected chi connectivity index (χ0v) is 13.9. The van der Waals surface area contributed by atoms with Crippen LogP contribution in [0.25, 0.3) is 6.08 Å². The second kappa shape index (κ2) is 7.64. The maximum Gasteiger partial charge on any atom is 0.247 e. The molecular weight excluding hydrogens is 310 g/mol. The third kappa shape index (κ3) is 3.93. The molecule has 2 amide bonds. The molecule has 122 valence electrons. The molecule has 2 aliphatic heterocycles. The van der Waals surface area contributed by atoms with E-state index >= 15 is 0 Å². The van der Waals surface area contributed by atoms with E-state index in [0.717, 1.165) is 43.0 Å². The van der Waals surface area contributed by atoms with Gasteiger partial charge < -0.3 is 9.80 Å². The Morgan fingerprint density at radius 2 is 2.09 bits per heavy atom. The molecule has 0 aliphatic carbocycles. The van der Waals surface area contributed by atoms with Gasteiger partial charge in [-0.1, -0.05) is 6.07 Å². The number of likely N-dealkylation sites (tertiary alicyclic amines) is 1. The minimum absolute atomic E-state index is 0.0870. The minimum Gasteiger partial charge on any atom is -0.339 e. The van der Waals surface area contributed by atoms with Crippen LogP contribution in [0.4, 0.5) is 0 Å². The van der Waals surface area contributed by atoms with Gasteiger partial charge >= 0.3 is 0 Å². The summed E-state index contributed by atoms with van der Waals surface area (Å²) in [6.45, 7) is 2.26.